The average molecular weight is 2150 g/mol. The number of sulfonamides is 1. The van der Waals surface area contributed by atoms with Crippen LogP contribution in [0.3, 0.4) is 0 Å². The molecule has 3 aromatic heterocycles. The summed E-state index contributed by atoms with van der Waals surface area (Å²) in [6.45, 7) is 80.0. The number of nitrogens with one attached hydrogen (secondary N) is 4. The second kappa shape index (κ2) is 85.0. The predicted octanol–water partition coefficient (Wildman–Crippen LogP) is 25.0. The van der Waals surface area contributed by atoms with Crippen molar-refractivity contribution >= 4 is 55.9 Å². The molecule has 2 aliphatic heterocycles. The van der Waals surface area contributed by atoms with Gasteiger partial charge in [-0.05, 0) is 221 Å². The molecule has 2 aromatic carbocycles. The molecule has 5 heterocycles. The van der Waals surface area contributed by atoms with E-state index in [0.29, 0.717) is 90.1 Å². The van der Waals surface area contributed by atoms with Gasteiger partial charge in [-0.1, -0.05) is 270 Å². The number of tetrazole rings is 1. The Morgan fingerprint density at radius 1 is 0.607 bits per heavy atom. The second-order valence-corrected chi connectivity index (χ2v) is 47.7. The number of sulfone groups is 1. The molecule has 2 radical (unpaired) electrons. The number of rotatable bonds is 33. The van der Waals surface area contributed by atoms with E-state index in [4.69, 9.17) is 9.15 Å². The largest absolute Gasteiger partial charge is 0.425 e. The number of pyridine rings is 1. The van der Waals surface area contributed by atoms with Crippen molar-refractivity contribution in [1.82, 2.24) is 61.0 Å². The summed E-state index contributed by atoms with van der Waals surface area (Å²) in [5.74, 6) is 14.4. The fraction of sp³-hybridized carbons (Fsp3) is 0.768. The first-order chi connectivity index (χ1) is 64.3. The maximum absolute atomic E-state index is 11.5. The Morgan fingerprint density at radius 3 is 1.49 bits per heavy atom. The third-order valence-electron chi connectivity index (χ3n) is 22.8. The normalized spacial score (nSPS) is 14.2. The Kier molecular flexibility index (Phi) is 88.5. The predicted molar refractivity (Wildman–Crippen MR) is 583 cm³/mol. The number of hydrogen-bond acceptors (Lipinski definition) is 17. The summed E-state index contributed by atoms with van der Waals surface area (Å²) in [6, 6.07) is 24.9. The molecule has 1 atom stereocenters. The van der Waals surface area contributed by atoms with Crippen LogP contribution in [-0.4, -0.2) is 182 Å². The number of hydrogen-bond donors (Lipinski definition) is 4. The number of amides is 4. The van der Waals surface area contributed by atoms with E-state index in [1.54, 1.807) is 25.7 Å². The molecule has 5 aliphatic rings. The van der Waals surface area contributed by atoms with Crippen molar-refractivity contribution < 1.29 is 115 Å². The minimum absolute atomic E-state index is 0. The van der Waals surface area contributed by atoms with Gasteiger partial charge in [-0.15, -0.1) is 15.3 Å². The van der Waals surface area contributed by atoms with Gasteiger partial charge in [0.15, 0.2) is 6.21 Å². The van der Waals surface area contributed by atoms with Gasteiger partial charge >= 0.3 is 0 Å². The average Bonchev–Trinajstić information content (AvgIpc) is 1.69. The van der Waals surface area contributed by atoms with Gasteiger partial charge in [-0.2, -0.15) is 0 Å². The van der Waals surface area contributed by atoms with Crippen LogP contribution < -0.4 is 20.7 Å². The number of aryl methyl sites for hydroxylation is 2. The number of benzene rings is 2. The molecule has 28 heteroatoms. The second-order valence-electron chi connectivity index (χ2n) is 43.2. The minimum Gasteiger partial charge on any atom is -0.425 e. The van der Waals surface area contributed by atoms with Gasteiger partial charge in [0.1, 0.15) is 22.7 Å². The van der Waals surface area contributed by atoms with E-state index in [-0.39, 0.29) is 99.7 Å². The molecule has 804 valence electrons. The number of carbonyl (C=O) groups excluding carboxylic acids is 4. The summed E-state index contributed by atoms with van der Waals surface area (Å²) < 4.78 is 58.6. The van der Waals surface area contributed by atoms with Crippen LogP contribution in [0, 0.1) is 95.5 Å². The van der Waals surface area contributed by atoms with Crippen LogP contribution in [0.2, 0.25) is 0 Å². The molecular weight excluding hydrogens is 1940 g/mol. The monoisotopic (exact) mass is 2150 g/mol. The van der Waals surface area contributed by atoms with Gasteiger partial charge < -0.3 is 42.1 Å². The molecule has 0 spiro atoms. The van der Waals surface area contributed by atoms with E-state index >= 15 is 0 Å². The van der Waals surface area contributed by atoms with Crippen LogP contribution in [0.25, 0.3) is 0 Å². The molecule has 140 heavy (non-hydrogen) atoms. The van der Waals surface area contributed by atoms with Crippen molar-refractivity contribution in [2.24, 2.45) is 81.4 Å². The maximum Gasteiger partial charge on any atom is 0.245 e. The zero-order chi connectivity index (χ0) is 106. The van der Waals surface area contributed by atoms with Gasteiger partial charge in [0.25, 0.3) is 0 Å². The van der Waals surface area contributed by atoms with Crippen molar-refractivity contribution in [1.29, 1.82) is 0 Å². The first-order valence-electron chi connectivity index (χ1n) is 52.6. The fourth-order valence-electron chi connectivity index (χ4n) is 12.8. The van der Waals surface area contributed by atoms with Crippen LogP contribution >= 0.6 is 0 Å². The number of ether oxygens (including phenoxy) is 1. The van der Waals surface area contributed by atoms with Gasteiger partial charge in [0.2, 0.25) is 51.6 Å². The van der Waals surface area contributed by atoms with E-state index in [0.717, 1.165) is 150 Å². The van der Waals surface area contributed by atoms with E-state index in [1.165, 1.54) is 93.6 Å². The van der Waals surface area contributed by atoms with Crippen molar-refractivity contribution in [2.75, 3.05) is 72.5 Å². The van der Waals surface area contributed by atoms with E-state index in [9.17, 15) is 36.0 Å². The van der Waals surface area contributed by atoms with Crippen LogP contribution in [0.1, 0.15) is 420 Å². The zero-order valence-corrected chi connectivity index (χ0v) is 103. The van der Waals surface area contributed by atoms with E-state index in [1.807, 2.05) is 108 Å². The van der Waals surface area contributed by atoms with E-state index < -0.39 is 19.9 Å². The zero-order valence-electron chi connectivity index (χ0n) is 96.1. The molecule has 1 saturated heterocycles. The van der Waals surface area contributed by atoms with Gasteiger partial charge in [0.05, 0.1) is 17.7 Å². The SMILES string of the molecule is CC(=O)N(C)CCC(C)C.CC(C)C1CCCC1.CC(C)C1CCOCC1.CC(C)CCCC1N=CC=[N+]1C.CC(C)CNC(=O)C1CC1.CC(C)CNS(C)(=O)=O.CC(C)S(C)(=O)=O.CC(C)c1[c-]ccc[c-]1.CC(C)c1ccncc1.CC(C)c1nnc(C2CC2)o1.CCCNC(=O)CCC(C)C.CCNC(=O)C(C)(C)CC(C)C.CCc1cccc(C(C)C)c1.Cc1nnnn1CC(C)C.[Y].[Y]. The minimum atomic E-state index is -2.97. The standard InChI is InChI=1S/C11H16.C10H19N2.C10H21NO.C9H19NO.C9H10.C8H12N2O.C8H15NO.C8H17NO.C8H11N.C8H16O.C8H16.C6H12N4.C5H13NO2S.C4H10O2S.2Y/c1-4-10-6-5-7-11(8-10)9(2)3;1-9(2)5-4-6-10-11-7-8-12(10)3;1-6-11-9(12)10(4,5)7-8(2)3;1-4-7-10-9(11)6-5-8(2)3;1-8(2)9-6-4-3-5-7-9;1-5(2)7-9-10-8(11-7)6-3-4-6;1-6(2)5-9-8(10)7-3-4-7;1-7(2)5-6-9(4)8(3)10;2*1-7(2)8-3-5-9-6-4-8;1-7(2)8-5-3-4-6-8;1-5(2)4-10-6(3)7-8-9-10;1-5(2)4-6-9(3,7)8;1-4(2)7(3,5)6;;/h5-9H,4H2,1-3H3;7-10H,4-6H2,1-3H3;8H,6-7H2,1-5H3,(H,11,12);8H,4-7H2,1-3H3,(H,10,11);3-5,8H,1-2H3;5-6H,3-4H2,1-2H3;6-7H,3-5H2,1-2H3,(H,9,10);7H,5-6H2,1-4H3;3-7H,1-2H3;7-8H,3-6H2,1-2H3;7-8H,3-6H2,1-2H3;5H,4H2,1-3H3;5-6H,4H2,1-3H3;4H,1-3H3;;/q;+1;;;-2;;;;;;;;;;;. The number of carbonyl (C=O) groups is 4. The molecule has 4 amide bonds. The molecule has 3 saturated carbocycles. The Hall–Kier alpha value is -4.95. The summed E-state index contributed by atoms with van der Waals surface area (Å²) in [4.78, 5) is 54.2. The van der Waals surface area contributed by atoms with Crippen LogP contribution in [-0.2, 0) is 122 Å². The topological polar surface area (TPSA) is 308 Å². The van der Waals surface area contributed by atoms with Crippen molar-refractivity contribution in [3.05, 3.63) is 119 Å². The first kappa shape index (κ1) is 146. The molecule has 0 bridgehead atoms. The maximum atomic E-state index is 11.5. The van der Waals surface area contributed by atoms with Crippen LogP contribution in [0.15, 0.2) is 76.4 Å². The van der Waals surface area contributed by atoms with Crippen molar-refractivity contribution in [2.45, 2.75) is 412 Å². The third kappa shape index (κ3) is 86.2. The summed E-state index contributed by atoms with van der Waals surface area (Å²) in [5, 5.41) is 27.4. The smallest absolute Gasteiger partial charge is 0.245 e. The Bertz CT molecular complexity index is 4070. The van der Waals surface area contributed by atoms with Gasteiger partial charge in [0, 0.05) is 187 Å². The quantitative estimate of drug-likeness (QED) is 0.0224. The Balaban J connectivity index is -0.000000346. The Morgan fingerprint density at radius 2 is 1.14 bits per heavy atom. The third-order valence-corrected chi connectivity index (χ3v) is 25.2. The molecule has 3 aliphatic carbocycles. The molecule has 10 rings (SSSR count). The summed E-state index contributed by atoms with van der Waals surface area (Å²) in [6.07, 6.45) is 33.3. The summed E-state index contributed by atoms with van der Waals surface area (Å²) in [5.41, 5.74) is 5.19. The molecule has 1 unspecified atom stereocenters. The summed E-state index contributed by atoms with van der Waals surface area (Å²) >= 11 is 0. The molecule has 24 nitrogen and oxygen atoms in total. The van der Waals surface area contributed by atoms with Gasteiger partial charge in [-0.25, -0.2) is 35.8 Å². The number of aliphatic imine (C=N–C) groups is 1. The van der Waals surface area contributed by atoms with Crippen molar-refractivity contribution in [3.63, 3.8) is 0 Å². The van der Waals surface area contributed by atoms with Crippen LogP contribution in [0.5, 0.6) is 0 Å². The summed E-state index contributed by atoms with van der Waals surface area (Å²) in [7, 11) is -1.78. The fourth-order valence-corrected chi connectivity index (χ4v) is 13.4. The van der Waals surface area contributed by atoms with Gasteiger partial charge in [-0.3, -0.25) is 47.9 Å². The molecule has 5 aromatic rings. The molecule has 4 fully saturated rings. The Labute approximate surface area is 909 Å². The molecular formula is C112H207N14O10S2Y2-. The van der Waals surface area contributed by atoms with Crippen LogP contribution in [0.4, 0.5) is 0 Å². The number of aromatic nitrogens is 7. The number of nitrogens with zero attached hydrogens (tertiary/aromatic N) is 10. The first-order valence-corrected chi connectivity index (χ1v) is 56.4. The van der Waals surface area contributed by atoms with E-state index in [2.05, 4.69) is 284 Å². The van der Waals surface area contributed by atoms with Crippen molar-refractivity contribution in [3.8, 4) is 0 Å². The molecule has 4 N–H and O–H groups in total.